The SMILES string of the molecule is O=C(Cc1c(F)cccc1Cl)OCC(=O)c1ccc2ccccc2c1. The summed E-state index contributed by atoms with van der Waals surface area (Å²) in [6.07, 6.45) is -0.323. The van der Waals surface area contributed by atoms with Crippen LogP contribution in [-0.2, 0) is 16.0 Å². The Morgan fingerprint density at radius 2 is 1.72 bits per heavy atom. The average molecular weight is 357 g/mol. The van der Waals surface area contributed by atoms with Crippen molar-refractivity contribution < 1.29 is 18.7 Å². The zero-order valence-electron chi connectivity index (χ0n) is 13.2. The van der Waals surface area contributed by atoms with Gasteiger partial charge in [-0.05, 0) is 29.0 Å². The first-order valence-corrected chi connectivity index (χ1v) is 8.03. The largest absolute Gasteiger partial charge is 0.457 e. The minimum absolute atomic E-state index is 0.0623. The summed E-state index contributed by atoms with van der Waals surface area (Å²) in [7, 11) is 0. The summed E-state index contributed by atoms with van der Waals surface area (Å²) in [5.41, 5.74) is 0.516. The molecule has 0 aromatic heterocycles. The normalized spacial score (nSPS) is 10.6. The fourth-order valence-corrected chi connectivity index (χ4v) is 2.72. The Balaban J connectivity index is 1.64. The molecule has 0 radical (unpaired) electrons. The van der Waals surface area contributed by atoms with Crippen LogP contribution in [0.15, 0.2) is 60.7 Å². The van der Waals surface area contributed by atoms with Gasteiger partial charge in [-0.25, -0.2) is 4.39 Å². The highest BCUT2D eigenvalue weighted by atomic mass is 35.5. The Hall–Kier alpha value is -2.72. The second-order valence-corrected chi connectivity index (χ2v) is 5.93. The summed E-state index contributed by atoms with van der Waals surface area (Å²) in [4.78, 5) is 24.1. The maximum absolute atomic E-state index is 13.7. The number of carbonyl (C=O) groups is 2. The summed E-state index contributed by atoms with van der Waals surface area (Å²) in [5, 5.41) is 2.10. The molecular formula is C20H14ClFO3. The van der Waals surface area contributed by atoms with Gasteiger partial charge in [0.1, 0.15) is 5.82 Å². The van der Waals surface area contributed by atoms with Crippen LogP contribution in [0.25, 0.3) is 10.8 Å². The lowest BCUT2D eigenvalue weighted by Gasteiger charge is -2.07. The monoisotopic (exact) mass is 356 g/mol. The Morgan fingerprint density at radius 1 is 0.960 bits per heavy atom. The minimum atomic E-state index is -0.707. The number of esters is 1. The second-order valence-electron chi connectivity index (χ2n) is 5.52. The molecule has 0 aliphatic carbocycles. The summed E-state index contributed by atoms with van der Waals surface area (Å²) < 4.78 is 18.6. The van der Waals surface area contributed by atoms with Crippen molar-refractivity contribution in [2.24, 2.45) is 0 Å². The van der Waals surface area contributed by atoms with Crippen molar-refractivity contribution in [1.29, 1.82) is 0 Å². The third-order valence-corrected chi connectivity index (χ3v) is 4.17. The van der Waals surface area contributed by atoms with Crippen molar-refractivity contribution in [2.45, 2.75) is 6.42 Å². The first-order chi connectivity index (χ1) is 12.0. The Bertz CT molecular complexity index is 932. The molecule has 0 N–H and O–H groups in total. The molecule has 3 rings (SSSR count). The molecule has 0 unspecified atom stereocenters. The molecule has 0 spiro atoms. The smallest absolute Gasteiger partial charge is 0.310 e. The van der Waals surface area contributed by atoms with E-state index in [4.69, 9.17) is 16.3 Å². The Morgan fingerprint density at radius 3 is 2.48 bits per heavy atom. The standard InChI is InChI=1S/C20H14ClFO3/c21-17-6-3-7-18(22)16(17)11-20(24)25-12-19(23)15-9-8-13-4-1-2-5-14(13)10-15/h1-10H,11-12H2. The lowest BCUT2D eigenvalue weighted by molar-refractivity contribution is -0.141. The zero-order chi connectivity index (χ0) is 17.8. The van der Waals surface area contributed by atoms with E-state index < -0.39 is 18.4 Å². The number of carbonyl (C=O) groups excluding carboxylic acids is 2. The predicted octanol–water partition coefficient (Wildman–Crippen LogP) is 4.60. The first-order valence-electron chi connectivity index (χ1n) is 7.65. The maximum Gasteiger partial charge on any atom is 0.310 e. The molecule has 25 heavy (non-hydrogen) atoms. The molecule has 3 aromatic carbocycles. The number of rotatable bonds is 5. The maximum atomic E-state index is 13.7. The summed E-state index contributed by atoms with van der Waals surface area (Å²) in [5.74, 6) is -1.61. The molecule has 0 atom stereocenters. The summed E-state index contributed by atoms with van der Waals surface area (Å²) in [6.45, 7) is -0.400. The Kier molecular flexibility index (Phi) is 5.10. The molecule has 0 saturated heterocycles. The van der Waals surface area contributed by atoms with E-state index >= 15 is 0 Å². The van der Waals surface area contributed by atoms with Gasteiger partial charge in [0.2, 0.25) is 0 Å². The van der Waals surface area contributed by atoms with Crippen LogP contribution < -0.4 is 0 Å². The third kappa shape index (κ3) is 4.03. The molecule has 3 aromatic rings. The quantitative estimate of drug-likeness (QED) is 0.495. The molecule has 0 saturated carbocycles. The number of Topliss-reactive ketones (excluding diaryl/α,β-unsaturated/α-hetero) is 1. The van der Waals surface area contributed by atoms with E-state index in [-0.39, 0.29) is 22.8 Å². The van der Waals surface area contributed by atoms with Gasteiger partial charge in [0.15, 0.2) is 12.4 Å². The average Bonchev–Trinajstić information content (AvgIpc) is 2.62. The van der Waals surface area contributed by atoms with Crippen molar-refractivity contribution in [3.63, 3.8) is 0 Å². The predicted molar refractivity (Wildman–Crippen MR) is 94.4 cm³/mol. The van der Waals surface area contributed by atoms with Crippen LogP contribution in [0.4, 0.5) is 4.39 Å². The van der Waals surface area contributed by atoms with Crippen molar-refractivity contribution in [2.75, 3.05) is 6.61 Å². The van der Waals surface area contributed by atoms with E-state index in [0.29, 0.717) is 5.56 Å². The van der Waals surface area contributed by atoms with Gasteiger partial charge in [0.25, 0.3) is 0 Å². The fraction of sp³-hybridized carbons (Fsp3) is 0.100. The van der Waals surface area contributed by atoms with Crippen LogP contribution in [0.1, 0.15) is 15.9 Å². The van der Waals surface area contributed by atoms with Gasteiger partial charge >= 0.3 is 5.97 Å². The summed E-state index contributed by atoms with van der Waals surface area (Å²) >= 11 is 5.87. The van der Waals surface area contributed by atoms with Crippen LogP contribution in [0.5, 0.6) is 0 Å². The van der Waals surface area contributed by atoms with Crippen molar-refractivity contribution in [1.82, 2.24) is 0 Å². The van der Waals surface area contributed by atoms with Crippen molar-refractivity contribution in [3.8, 4) is 0 Å². The van der Waals surface area contributed by atoms with Gasteiger partial charge in [0, 0.05) is 16.1 Å². The molecule has 0 bridgehead atoms. The first kappa shape index (κ1) is 17.1. The van der Waals surface area contributed by atoms with Crippen LogP contribution in [-0.4, -0.2) is 18.4 Å². The van der Waals surface area contributed by atoms with E-state index in [2.05, 4.69) is 0 Å². The third-order valence-electron chi connectivity index (χ3n) is 3.82. The lowest BCUT2D eigenvalue weighted by Crippen LogP contribution is -2.16. The van der Waals surface area contributed by atoms with E-state index in [1.54, 1.807) is 12.1 Å². The van der Waals surface area contributed by atoms with E-state index in [1.807, 2.05) is 30.3 Å². The molecular weight excluding hydrogens is 343 g/mol. The molecule has 0 aliphatic rings. The van der Waals surface area contributed by atoms with Gasteiger partial charge in [-0.1, -0.05) is 54.1 Å². The van der Waals surface area contributed by atoms with Crippen molar-refractivity contribution in [3.05, 3.63) is 82.6 Å². The highest BCUT2D eigenvalue weighted by molar-refractivity contribution is 6.31. The van der Waals surface area contributed by atoms with E-state index in [9.17, 15) is 14.0 Å². The summed E-state index contributed by atoms with van der Waals surface area (Å²) in [6, 6.07) is 17.1. The lowest BCUT2D eigenvalue weighted by atomic mass is 10.0. The second kappa shape index (κ2) is 7.45. The number of ketones is 1. The van der Waals surface area contributed by atoms with Gasteiger partial charge < -0.3 is 4.74 Å². The van der Waals surface area contributed by atoms with Gasteiger partial charge in [0.05, 0.1) is 6.42 Å². The number of hydrogen-bond donors (Lipinski definition) is 0. The molecule has 0 aliphatic heterocycles. The van der Waals surface area contributed by atoms with Crippen LogP contribution in [0, 0.1) is 5.82 Å². The number of benzene rings is 3. The highest BCUT2D eigenvalue weighted by Gasteiger charge is 2.15. The highest BCUT2D eigenvalue weighted by Crippen LogP contribution is 2.20. The van der Waals surface area contributed by atoms with Gasteiger partial charge in [-0.15, -0.1) is 0 Å². The number of fused-ring (bicyclic) bond motifs is 1. The van der Waals surface area contributed by atoms with Crippen molar-refractivity contribution >= 4 is 34.1 Å². The van der Waals surface area contributed by atoms with Gasteiger partial charge in [-0.3, -0.25) is 9.59 Å². The van der Waals surface area contributed by atoms with Crippen LogP contribution in [0.3, 0.4) is 0 Å². The van der Waals surface area contributed by atoms with E-state index in [1.165, 1.54) is 18.2 Å². The number of hydrogen-bond acceptors (Lipinski definition) is 3. The van der Waals surface area contributed by atoms with Crippen LogP contribution in [0.2, 0.25) is 5.02 Å². The Labute approximate surface area is 149 Å². The molecule has 0 amide bonds. The number of halogens is 2. The molecule has 0 heterocycles. The molecule has 0 fully saturated rings. The van der Waals surface area contributed by atoms with Crippen LogP contribution >= 0.6 is 11.6 Å². The topological polar surface area (TPSA) is 43.4 Å². The fourth-order valence-electron chi connectivity index (χ4n) is 2.49. The molecule has 126 valence electrons. The van der Waals surface area contributed by atoms with Gasteiger partial charge in [-0.2, -0.15) is 0 Å². The molecule has 3 nitrogen and oxygen atoms in total. The van der Waals surface area contributed by atoms with E-state index in [0.717, 1.165) is 10.8 Å². The minimum Gasteiger partial charge on any atom is -0.457 e. The number of ether oxygens (including phenoxy) is 1. The zero-order valence-corrected chi connectivity index (χ0v) is 13.9. The molecule has 5 heteroatoms.